The predicted molar refractivity (Wildman–Crippen MR) is 104 cm³/mol. The first-order chi connectivity index (χ1) is 12.3. The molecule has 2 atom stereocenters. The molecule has 2 aliphatic rings. The van der Waals surface area contributed by atoms with Crippen molar-refractivity contribution in [2.75, 3.05) is 18.0 Å². The topological polar surface area (TPSA) is 23.6 Å². The number of hydrogen-bond acceptors (Lipinski definition) is 3. The highest BCUT2D eigenvalue weighted by Crippen LogP contribution is 2.45. The van der Waals surface area contributed by atoms with Gasteiger partial charge < -0.3 is 9.80 Å². The number of carbonyl (C=O) groups excluding carboxylic acids is 1. The molecule has 2 saturated heterocycles. The molecule has 1 amide bonds. The van der Waals surface area contributed by atoms with Crippen molar-refractivity contribution in [2.45, 2.75) is 45.2 Å². The summed E-state index contributed by atoms with van der Waals surface area (Å²) in [6.07, 6.45) is 1.95. The van der Waals surface area contributed by atoms with Gasteiger partial charge in [-0.3, -0.25) is 4.79 Å². The number of benzene rings is 1. The van der Waals surface area contributed by atoms with E-state index in [-0.39, 0.29) is 17.3 Å². The first-order valence-electron chi connectivity index (χ1n) is 9.24. The summed E-state index contributed by atoms with van der Waals surface area (Å²) < 4.78 is 13.8. The van der Waals surface area contributed by atoms with Gasteiger partial charge in [0.1, 0.15) is 5.82 Å². The monoisotopic (exact) mass is 372 g/mol. The maximum atomic E-state index is 13.8. The van der Waals surface area contributed by atoms with E-state index in [0.717, 1.165) is 42.1 Å². The maximum Gasteiger partial charge on any atom is 0.263 e. The van der Waals surface area contributed by atoms with Crippen LogP contribution in [0.3, 0.4) is 0 Å². The van der Waals surface area contributed by atoms with E-state index in [1.54, 1.807) is 12.1 Å². The fourth-order valence-corrected chi connectivity index (χ4v) is 5.66. The molecule has 0 bridgehead atoms. The predicted octanol–water partition coefficient (Wildman–Crippen LogP) is 4.72. The summed E-state index contributed by atoms with van der Waals surface area (Å²) in [5.41, 5.74) is 2.06. The molecule has 0 unspecified atom stereocenters. The molecule has 0 spiro atoms. The fourth-order valence-electron chi connectivity index (χ4n) is 4.80. The minimum atomic E-state index is -0.192. The second-order valence-corrected chi connectivity index (χ2v) is 9.13. The van der Waals surface area contributed by atoms with Crippen molar-refractivity contribution in [3.05, 3.63) is 52.0 Å². The molecule has 138 valence electrons. The Hall–Kier alpha value is -1.88. The molecule has 1 aromatic heterocycles. The zero-order chi connectivity index (χ0) is 18.5. The van der Waals surface area contributed by atoms with Crippen LogP contribution in [0.15, 0.2) is 35.7 Å². The summed E-state index contributed by atoms with van der Waals surface area (Å²) in [6, 6.07) is 9.26. The Kier molecular flexibility index (Phi) is 4.30. The van der Waals surface area contributed by atoms with Gasteiger partial charge in [-0.05, 0) is 74.7 Å². The molecule has 2 aromatic rings. The lowest BCUT2D eigenvalue weighted by Gasteiger charge is -2.41. The molecular weight excluding hydrogens is 347 g/mol. The second-order valence-electron chi connectivity index (χ2n) is 8.22. The molecule has 26 heavy (non-hydrogen) atoms. The number of fused-ring (bicyclic) bond motifs is 1. The number of aryl methyl sites for hydroxylation is 1. The van der Waals surface area contributed by atoms with E-state index in [0.29, 0.717) is 12.0 Å². The van der Waals surface area contributed by atoms with Gasteiger partial charge in [-0.15, -0.1) is 11.3 Å². The molecule has 2 aliphatic heterocycles. The normalized spacial score (nSPS) is 24.6. The third-order valence-electron chi connectivity index (χ3n) is 5.75. The van der Waals surface area contributed by atoms with E-state index >= 15 is 0 Å². The van der Waals surface area contributed by atoms with Crippen LogP contribution < -0.4 is 4.90 Å². The number of halogens is 1. The van der Waals surface area contributed by atoms with Crippen molar-refractivity contribution in [3.63, 3.8) is 0 Å². The van der Waals surface area contributed by atoms with E-state index in [1.807, 2.05) is 29.3 Å². The van der Waals surface area contributed by atoms with Crippen molar-refractivity contribution in [1.29, 1.82) is 0 Å². The van der Waals surface area contributed by atoms with Gasteiger partial charge in [0.05, 0.1) is 4.88 Å². The van der Waals surface area contributed by atoms with Crippen molar-refractivity contribution < 1.29 is 9.18 Å². The standard InChI is InChI=1S/C21H25FN2OS/c1-14-9-19(26-13-14)20(25)23-8-7-18-15(12-23)11-21(2,3)24(18)17-6-4-5-16(22)10-17/h4-6,9-10,13,15,18H,7-8,11-12H2,1-3H3/t15-,18+/m1/s1. The largest absolute Gasteiger partial charge is 0.363 e. The number of carbonyl (C=O) groups is 1. The van der Waals surface area contributed by atoms with E-state index in [2.05, 4.69) is 18.7 Å². The molecule has 3 heterocycles. The number of likely N-dealkylation sites (tertiary alicyclic amines) is 1. The number of piperidine rings is 1. The Morgan fingerprint density at radius 3 is 2.81 bits per heavy atom. The minimum Gasteiger partial charge on any atom is -0.363 e. The maximum absolute atomic E-state index is 13.8. The van der Waals surface area contributed by atoms with Crippen molar-refractivity contribution >= 4 is 22.9 Å². The Bertz CT molecular complexity index is 831. The van der Waals surface area contributed by atoms with Gasteiger partial charge in [0.2, 0.25) is 0 Å². The number of rotatable bonds is 2. The van der Waals surface area contributed by atoms with E-state index in [4.69, 9.17) is 0 Å². The van der Waals surface area contributed by atoms with Crippen molar-refractivity contribution in [2.24, 2.45) is 5.92 Å². The molecule has 0 N–H and O–H groups in total. The van der Waals surface area contributed by atoms with Gasteiger partial charge in [0, 0.05) is 30.4 Å². The molecular formula is C21H25FN2OS. The zero-order valence-corrected chi connectivity index (χ0v) is 16.4. The summed E-state index contributed by atoms with van der Waals surface area (Å²) in [6.45, 7) is 8.03. The van der Waals surface area contributed by atoms with Crippen LogP contribution in [-0.2, 0) is 0 Å². The third-order valence-corrected chi connectivity index (χ3v) is 6.79. The van der Waals surface area contributed by atoms with Gasteiger partial charge in [0.15, 0.2) is 0 Å². The SMILES string of the molecule is Cc1csc(C(=O)N2CC[C@H]3[C@@H](C2)CC(C)(C)N3c2cccc(F)c2)c1. The van der Waals surface area contributed by atoms with E-state index < -0.39 is 0 Å². The summed E-state index contributed by atoms with van der Waals surface area (Å²) >= 11 is 1.53. The van der Waals surface area contributed by atoms with Crippen LogP contribution in [0.5, 0.6) is 0 Å². The Morgan fingerprint density at radius 1 is 1.31 bits per heavy atom. The molecule has 0 aliphatic carbocycles. The number of hydrogen-bond donors (Lipinski definition) is 0. The van der Waals surface area contributed by atoms with Crippen molar-refractivity contribution in [1.82, 2.24) is 4.90 Å². The molecule has 1 aromatic carbocycles. The minimum absolute atomic E-state index is 0.0400. The highest BCUT2D eigenvalue weighted by atomic mass is 32.1. The first-order valence-corrected chi connectivity index (χ1v) is 10.1. The Morgan fingerprint density at radius 2 is 2.12 bits per heavy atom. The average molecular weight is 373 g/mol. The molecule has 2 fully saturated rings. The summed E-state index contributed by atoms with van der Waals surface area (Å²) in [7, 11) is 0. The number of amides is 1. The van der Waals surface area contributed by atoms with E-state index in [1.165, 1.54) is 17.4 Å². The lowest BCUT2D eigenvalue weighted by atomic mass is 9.89. The van der Waals surface area contributed by atoms with Gasteiger partial charge in [-0.1, -0.05) is 6.07 Å². The second kappa shape index (κ2) is 6.38. The van der Waals surface area contributed by atoms with Crippen LogP contribution in [0, 0.1) is 18.7 Å². The zero-order valence-electron chi connectivity index (χ0n) is 15.5. The number of anilines is 1. The van der Waals surface area contributed by atoms with Gasteiger partial charge in [-0.2, -0.15) is 0 Å². The summed E-state index contributed by atoms with van der Waals surface area (Å²) in [4.78, 5) is 18.1. The first kappa shape index (κ1) is 17.5. The van der Waals surface area contributed by atoms with Crippen LogP contribution in [-0.4, -0.2) is 35.5 Å². The molecule has 5 heteroatoms. The number of nitrogens with zero attached hydrogens (tertiary/aromatic N) is 2. The van der Waals surface area contributed by atoms with Crippen LogP contribution >= 0.6 is 11.3 Å². The van der Waals surface area contributed by atoms with Crippen LogP contribution in [0.2, 0.25) is 0 Å². The van der Waals surface area contributed by atoms with Gasteiger partial charge in [0.25, 0.3) is 5.91 Å². The van der Waals surface area contributed by atoms with Crippen molar-refractivity contribution in [3.8, 4) is 0 Å². The quantitative estimate of drug-likeness (QED) is 0.762. The lowest BCUT2D eigenvalue weighted by molar-refractivity contribution is 0.0672. The van der Waals surface area contributed by atoms with Gasteiger partial charge in [-0.25, -0.2) is 4.39 Å². The molecule has 3 nitrogen and oxygen atoms in total. The molecule has 4 rings (SSSR count). The summed E-state index contributed by atoms with van der Waals surface area (Å²) in [5, 5.41) is 2.03. The highest BCUT2D eigenvalue weighted by molar-refractivity contribution is 7.12. The molecule has 0 saturated carbocycles. The molecule has 0 radical (unpaired) electrons. The fraction of sp³-hybridized carbons (Fsp3) is 0.476. The van der Waals surface area contributed by atoms with Crippen LogP contribution in [0.4, 0.5) is 10.1 Å². The smallest absolute Gasteiger partial charge is 0.263 e. The van der Waals surface area contributed by atoms with E-state index in [9.17, 15) is 9.18 Å². The average Bonchev–Trinajstić information content (AvgIpc) is 3.12. The number of thiophene rings is 1. The third kappa shape index (κ3) is 3.02. The lowest BCUT2D eigenvalue weighted by Crippen LogP contribution is -2.50. The highest BCUT2D eigenvalue weighted by Gasteiger charge is 2.48. The summed E-state index contributed by atoms with van der Waals surface area (Å²) in [5.74, 6) is 0.387. The van der Waals surface area contributed by atoms with Crippen LogP contribution in [0.25, 0.3) is 0 Å². The van der Waals surface area contributed by atoms with Gasteiger partial charge >= 0.3 is 0 Å². The Balaban J connectivity index is 1.55. The van der Waals surface area contributed by atoms with Crippen LogP contribution in [0.1, 0.15) is 41.9 Å². The Labute approximate surface area is 158 Å².